The SMILES string of the molecule is COC(=O)CCCCCCCCCCCCCCCOC1CC[N+](C)(C)C1.[I-]. The number of likely N-dealkylation sites (tertiary alicyclic amines) is 1. The van der Waals surface area contributed by atoms with Crippen LogP contribution in [0.15, 0.2) is 0 Å². The molecular weight excluding hydrogens is 465 g/mol. The van der Waals surface area contributed by atoms with E-state index in [0.717, 1.165) is 23.9 Å². The maximum Gasteiger partial charge on any atom is 0.305 e. The average Bonchev–Trinajstić information content (AvgIpc) is 2.99. The van der Waals surface area contributed by atoms with Gasteiger partial charge in [-0.15, -0.1) is 0 Å². The van der Waals surface area contributed by atoms with Crippen molar-refractivity contribution in [1.82, 2.24) is 0 Å². The van der Waals surface area contributed by atoms with Gasteiger partial charge in [-0.25, -0.2) is 0 Å². The smallest absolute Gasteiger partial charge is 0.305 e. The molecule has 0 aromatic heterocycles. The van der Waals surface area contributed by atoms with Crippen molar-refractivity contribution in [3.63, 3.8) is 0 Å². The monoisotopic (exact) mass is 511 g/mol. The number of halogens is 1. The Morgan fingerprint density at radius 3 is 1.71 bits per heavy atom. The van der Waals surface area contributed by atoms with Crippen molar-refractivity contribution in [3.8, 4) is 0 Å². The van der Waals surface area contributed by atoms with Gasteiger partial charge < -0.3 is 37.9 Å². The molecule has 0 aromatic carbocycles. The molecule has 0 radical (unpaired) electrons. The van der Waals surface area contributed by atoms with Crippen LogP contribution in [0.2, 0.25) is 0 Å². The highest BCUT2D eigenvalue weighted by Gasteiger charge is 2.30. The minimum atomic E-state index is -0.0697. The molecule has 4 nitrogen and oxygen atoms in total. The molecule has 1 fully saturated rings. The van der Waals surface area contributed by atoms with Gasteiger partial charge in [-0.1, -0.05) is 70.6 Å². The van der Waals surface area contributed by atoms with Crippen LogP contribution in [0.4, 0.5) is 0 Å². The first-order valence-electron chi connectivity index (χ1n) is 11.5. The summed E-state index contributed by atoms with van der Waals surface area (Å²) in [5, 5.41) is 0. The molecule has 0 bridgehead atoms. The second-order valence-electron chi connectivity index (χ2n) is 9.05. The highest BCUT2D eigenvalue weighted by atomic mass is 127. The fourth-order valence-electron chi connectivity index (χ4n) is 4.03. The van der Waals surface area contributed by atoms with E-state index < -0.39 is 0 Å². The van der Waals surface area contributed by atoms with E-state index in [4.69, 9.17) is 4.74 Å². The van der Waals surface area contributed by atoms with Crippen LogP contribution in [0.5, 0.6) is 0 Å². The summed E-state index contributed by atoms with van der Waals surface area (Å²) in [6, 6.07) is 0. The zero-order valence-corrected chi connectivity index (χ0v) is 21.0. The Morgan fingerprint density at radius 1 is 0.821 bits per heavy atom. The molecule has 168 valence electrons. The molecule has 1 unspecified atom stereocenters. The number of carbonyl (C=O) groups is 1. The van der Waals surface area contributed by atoms with E-state index in [1.165, 1.54) is 97.2 Å². The molecule has 0 N–H and O–H groups in total. The quantitative estimate of drug-likeness (QED) is 0.130. The van der Waals surface area contributed by atoms with Crippen molar-refractivity contribution < 1.29 is 42.7 Å². The molecule has 1 rings (SSSR count). The van der Waals surface area contributed by atoms with E-state index in [1.54, 1.807) is 0 Å². The first kappa shape index (κ1) is 28.1. The van der Waals surface area contributed by atoms with E-state index in [-0.39, 0.29) is 29.9 Å². The largest absolute Gasteiger partial charge is 1.00 e. The lowest BCUT2D eigenvalue weighted by Crippen LogP contribution is -3.00. The van der Waals surface area contributed by atoms with Crippen LogP contribution in [0.3, 0.4) is 0 Å². The van der Waals surface area contributed by atoms with Crippen molar-refractivity contribution in [1.29, 1.82) is 0 Å². The van der Waals surface area contributed by atoms with Crippen LogP contribution in [0, 0.1) is 0 Å². The van der Waals surface area contributed by atoms with Gasteiger partial charge in [-0.2, -0.15) is 0 Å². The lowest BCUT2D eigenvalue weighted by molar-refractivity contribution is -0.879. The molecular formula is C23H46INO3. The Kier molecular flexibility index (Phi) is 18.0. The van der Waals surface area contributed by atoms with Crippen LogP contribution in [0.1, 0.15) is 96.3 Å². The van der Waals surface area contributed by atoms with Crippen LogP contribution in [-0.4, -0.2) is 57.5 Å². The molecule has 0 amide bonds. The number of hydrogen-bond acceptors (Lipinski definition) is 3. The van der Waals surface area contributed by atoms with Gasteiger partial charge in [0, 0.05) is 19.4 Å². The van der Waals surface area contributed by atoms with Crippen molar-refractivity contribution in [2.45, 2.75) is 102 Å². The number of esters is 1. The first-order valence-corrected chi connectivity index (χ1v) is 11.5. The predicted molar refractivity (Wildman–Crippen MR) is 113 cm³/mol. The number of ether oxygens (including phenoxy) is 2. The van der Waals surface area contributed by atoms with Crippen molar-refractivity contribution in [3.05, 3.63) is 0 Å². The van der Waals surface area contributed by atoms with Gasteiger partial charge in [0.05, 0.1) is 27.7 Å². The molecule has 1 atom stereocenters. The van der Waals surface area contributed by atoms with Crippen molar-refractivity contribution in [2.75, 3.05) is 40.9 Å². The Labute approximate surface area is 191 Å². The normalized spacial score (nSPS) is 18.0. The van der Waals surface area contributed by atoms with Crippen LogP contribution in [0.25, 0.3) is 0 Å². The Balaban J connectivity index is 0.00000729. The van der Waals surface area contributed by atoms with Crippen molar-refractivity contribution >= 4 is 5.97 Å². The number of nitrogens with zero attached hydrogens (tertiary/aromatic N) is 1. The number of carbonyl (C=O) groups excluding carboxylic acids is 1. The Bertz CT molecular complexity index is 377. The average molecular weight is 512 g/mol. The standard InChI is InChI=1S/C23H46NO3.HI/c1-24(2)19-18-22(21-24)27-20-16-14-12-10-8-6-4-5-7-9-11-13-15-17-23(25)26-3;/h22H,4-21H2,1-3H3;1H/q+1;/p-1. The summed E-state index contributed by atoms with van der Waals surface area (Å²) in [5.41, 5.74) is 0. The lowest BCUT2D eigenvalue weighted by Gasteiger charge is -2.23. The van der Waals surface area contributed by atoms with E-state index in [9.17, 15) is 4.79 Å². The summed E-state index contributed by atoms with van der Waals surface area (Å²) in [4.78, 5) is 11.0. The zero-order chi connectivity index (χ0) is 19.8. The summed E-state index contributed by atoms with van der Waals surface area (Å²) in [7, 11) is 6.07. The number of hydrogen-bond donors (Lipinski definition) is 0. The minimum absolute atomic E-state index is 0. The van der Waals surface area contributed by atoms with Gasteiger partial charge in [-0.3, -0.25) is 4.79 Å². The zero-order valence-electron chi connectivity index (χ0n) is 18.9. The van der Waals surface area contributed by atoms with Crippen LogP contribution >= 0.6 is 0 Å². The first-order chi connectivity index (χ1) is 13.0. The van der Waals surface area contributed by atoms with Gasteiger partial charge in [-0.05, 0) is 12.8 Å². The fraction of sp³-hybridized carbons (Fsp3) is 0.957. The third-order valence-corrected chi connectivity index (χ3v) is 5.86. The number of quaternary nitrogens is 1. The van der Waals surface area contributed by atoms with Gasteiger partial charge in [0.1, 0.15) is 12.6 Å². The molecule has 0 spiro atoms. The molecule has 5 heteroatoms. The van der Waals surface area contributed by atoms with Crippen LogP contribution < -0.4 is 24.0 Å². The van der Waals surface area contributed by atoms with Gasteiger partial charge in [0.25, 0.3) is 0 Å². The Hall–Kier alpha value is 0.120. The number of methoxy groups -OCH3 is 1. The maximum absolute atomic E-state index is 11.0. The summed E-state index contributed by atoms with van der Waals surface area (Å²) < 4.78 is 11.8. The maximum atomic E-state index is 11.0. The molecule has 1 heterocycles. The highest BCUT2D eigenvalue weighted by Crippen LogP contribution is 2.17. The number of likely N-dealkylation sites (N-methyl/N-ethyl adjacent to an activating group) is 1. The van der Waals surface area contributed by atoms with E-state index in [2.05, 4.69) is 18.8 Å². The molecule has 28 heavy (non-hydrogen) atoms. The van der Waals surface area contributed by atoms with Gasteiger partial charge in [0.2, 0.25) is 0 Å². The number of rotatable bonds is 17. The fourth-order valence-corrected chi connectivity index (χ4v) is 4.03. The van der Waals surface area contributed by atoms with E-state index in [1.807, 2.05) is 0 Å². The topological polar surface area (TPSA) is 35.5 Å². The second-order valence-corrected chi connectivity index (χ2v) is 9.05. The summed E-state index contributed by atoms with van der Waals surface area (Å²) >= 11 is 0. The minimum Gasteiger partial charge on any atom is -1.00 e. The summed E-state index contributed by atoms with van der Waals surface area (Å²) in [6.07, 6.45) is 19.3. The molecule has 1 saturated heterocycles. The molecule has 0 aliphatic carbocycles. The third kappa shape index (κ3) is 16.0. The number of unbranched alkanes of at least 4 members (excludes halogenated alkanes) is 12. The van der Waals surface area contributed by atoms with Crippen LogP contribution in [-0.2, 0) is 14.3 Å². The lowest BCUT2D eigenvalue weighted by atomic mass is 10.0. The van der Waals surface area contributed by atoms with E-state index in [0.29, 0.717) is 12.5 Å². The molecule has 1 aliphatic heterocycles. The van der Waals surface area contributed by atoms with Gasteiger partial charge >= 0.3 is 5.97 Å². The molecule has 0 aromatic rings. The molecule has 1 aliphatic rings. The Morgan fingerprint density at radius 2 is 1.29 bits per heavy atom. The second kappa shape index (κ2) is 17.9. The van der Waals surface area contributed by atoms with Gasteiger partial charge in [0.15, 0.2) is 0 Å². The van der Waals surface area contributed by atoms with E-state index >= 15 is 0 Å². The highest BCUT2D eigenvalue weighted by molar-refractivity contribution is 5.68. The summed E-state index contributed by atoms with van der Waals surface area (Å²) in [6.45, 7) is 3.41. The third-order valence-electron chi connectivity index (χ3n) is 5.86. The van der Waals surface area contributed by atoms with Crippen molar-refractivity contribution in [2.24, 2.45) is 0 Å². The summed E-state index contributed by atoms with van der Waals surface area (Å²) in [5.74, 6) is -0.0697. The predicted octanol–water partition coefficient (Wildman–Crippen LogP) is 2.49. The molecule has 0 saturated carbocycles.